The molecule has 2 aromatic rings. The van der Waals surface area contributed by atoms with Crippen LogP contribution in [0, 0.1) is 0 Å². The summed E-state index contributed by atoms with van der Waals surface area (Å²) < 4.78 is 12.7. The van der Waals surface area contributed by atoms with Gasteiger partial charge in [0.2, 0.25) is 0 Å². The summed E-state index contributed by atoms with van der Waals surface area (Å²) in [6.07, 6.45) is 3.73. The molecule has 1 aromatic carbocycles. The number of benzene rings is 1. The number of aromatic nitrogens is 2. The Hall–Kier alpha value is -2.17. The first-order chi connectivity index (χ1) is 9.65. The number of methoxy groups -OCH3 is 2. The van der Waals surface area contributed by atoms with Crippen molar-refractivity contribution in [3.63, 3.8) is 0 Å². The lowest BCUT2D eigenvalue weighted by molar-refractivity contribution is 0.395. The summed E-state index contributed by atoms with van der Waals surface area (Å²) in [5, 5.41) is 3.37. The fourth-order valence-electron chi connectivity index (χ4n) is 2.06. The Balaban J connectivity index is 2.12. The highest BCUT2D eigenvalue weighted by Crippen LogP contribution is 2.29. The SMILES string of the molecule is COc1ccc(NCc2cncn2C(C)C)c(OC)c1. The zero-order valence-corrected chi connectivity index (χ0v) is 12.4. The maximum absolute atomic E-state index is 5.37. The molecule has 0 aliphatic heterocycles. The highest BCUT2D eigenvalue weighted by Gasteiger charge is 2.08. The molecule has 20 heavy (non-hydrogen) atoms. The van der Waals surface area contributed by atoms with Crippen molar-refractivity contribution in [3.8, 4) is 11.5 Å². The van der Waals surface area contributed by atoms with Crippen molar-refractivity contribution in [3.05, 3.63) is 36.4 Å². The summed E-state index contributed by atoms with van der Waals surface area (Å²) >= 11 is 0. The summed E-state index contributed by atoms with van der Waals surface area (Å²) in [4.78, 5) is 4.20. The molecule has 0 saturated heterocycles. The van der Waals surface area contributed by atoms with Gasteiger partial charge in [-0.3, -0.25) is 0 Å². The molecule has 0 aliphatic rings. The normalized spacial score (nSPS) is 10.7. The van der Waals surface area contributed by atoms with Gasteiger partial charge in [-0.05, 0) is 26.0 Å². The van der Waals surface area contributed by atoms with E-state index < -0.39 is 0 Å². The number of hydrogen-bond donors (Lipinski definition) is 1. The number of imidazole rings is 1. The van der Waals surface area contributed by atoms with E-state index in [0.29, 0.717) is 12.6 Å². The van der Waals surface area contributed by atoms with Crippen LogP contribution >= 0.6 is 0 Å². The third-order valence-electron chi connectivity index (χ3n) is 3.17. The average molecular weight is 275 g/mol. The Morgan fingerprint density at radius 3 is 2.70 bits per heavy atom. The van der Waals surface area contributed by atoms with Crippen LogP contribution in [-0.4, -0.2) is 23.8 Å². The van der Waals surface area contributed by atoms with Gasteiger partial charge in [0.1, 0.15) is 11.5 Å². The van der Waals surface area contributed by atoms with Crippen molar-refractivity contribution in [2.45, 2.75) is 26.4 Å². The Morgan fingerprint density at radius 1 is 1.25 bits per heavy atom. The summed E-state index contributed by atoms with van der Waals surface area (Å²) in [5.74, 6) is 1.54. The minimum absolute atomic E-state index is 0.395. The average Bonchev–Trinajstić information content (AvgIpc) is 2.93. The van der Waals surface area contributed by atoms with E-state index in [1.165, 1.54) is 0 Å². The molecule has 0 unspecified atom stereocenters. The number of hydrogen-bond acceptors (Lipinski definition) is 4. The third kappa shape index (κ3) is 3.04. The molecule has 0 atom stereocenters. The zero-order chi connectivity index (χ0) is 14.5. The van der Waals surface area contributed by atoms with Crippen molar-refractivity contribution < 1.29 is 9.47 Å². The Morgan fingerprint density at radius 2 is 2.05 bits per heavy atom. The summed E-state index contributed by atoms with van der Waals surface area (Å²) in [7, 11) is 3.29. The summed E-state index contributed by atoms with van der Waals surface area (Å²) in [5.41, 5.74) is 2.07. The van der Waals surface area contributed by atoms with Gasteiger partial charge in [-0.15, -0.1) is 0 Å². The van der Waals surface area contributed by atoms with Crippen LogP contribution in [0.2, 0.25) is 0 Å². The van der Waals surface area contributed by atoms with E-state index in [-0.39, 0.29) is 0 Å². The Kier molecular flexibility index (Phi) is 4.50. The van der Waals surface area contributed by atoms with Crippen LogP contribution in [0.3, 0.4) is 0 Å². The van der Waals surface area contributed by atoms with E-state index in [0.717, 1.165) is 22.9 Å². The maximum Gasteiger partial charge on any atom is 0.145 e. The molecule has 0 radical (unpaired) electrons. The molecule has 0 aliphatic carbocycles. The van der Waals surface area contributed by atoms with Gasteiger partial charge >= 0.3 is 0 Å². The number of rotatable bonds is 6. The van der Waals surface area contributed by atoms with Gasteiger partial charge in [0.15, 0.2) is 0 Å². The van der Waals surface area contributed by atoms with Gasteiger partial charge < -0.3 is 19.4 Å². The standard InChI is InChI=1S/C15H21N3O2/c1-11(2)18-10-16-8-12(18)9-17-14-6-5-13(19-3)7-15(14)20-4/h5-8,10-11,17H,9H2,1-4H3. The molecule has 1 N–H and O–H groups in total. The second kappa shape index (κ2) is 6.32. The molecule has 2 rings (SSSR count). The molecular weight excluding hydrogens is 254 g/mol. The van der Waals surface area contributed by atoms with Crippen LogP contribution < -0.4 is 14.8 Å². The molecule has 5 nitrogen and oxygen atoms in total. The monoisotopic (exact) mass is 275 g/mol. The van der Waals surface area contributed by atoms with E-state index in [1.807, 2.05) is 30.7 Å². The number of nitrogens with zero attached hydrogens (tertiary/aromatic N) is 2. The van der Waals surface area contributed by atoms with Crippen molar-refractivity contribution >= 4 is 5.69 Å². The predicted molar refractivity (Wildman–Crippen MR) is 79.5 cm³/mol. The number of nitrogens with one attached hydrogen (secondary N) is 1. The molecule has 0 bridgehead atoms. The third-order valence-corrected chi connectivity index (χ3v) is 3.17. The van der Waals surface area contributed by atoms with Crippen molar-refractivity contribution in [1.82, 2.24) is 9.55 Å². The first kappa shape index (κ1) is 14.2. The van der Waals surface area contributed by atoms with Crippen molar-refractivity contribution in [2.24, 2.45) is 0 Å². The van der Waals surface area contributed by atoms with Crippen LogP contribution in [0.25, 0.3) is 0 Å². The fraction of sp³-hybridized carbons (Fsp3) is 0.400. The highest BCUT2D eigenvalue weighted by atomic mass is 16.5. The number of ether oxygens (including phenoxy) is 2. The van der Waals surface area contributed by atoms with E-state index in [4.69, 9.17) is 9.47 Å². The molecule has 1 aromatic heterocycles. The van der Waals surface area contributed by atoms with Gasteiger partial charge in [-0.2, -0.15) is 0 Å². The largest absolute Gasteiger partial charge is 0.497 e. The minimum Gasteiger partial charge on any atom is -0.497 e. The van der Waals surface area contributed by atoms with Gasteiger partial charge in [-0.1, -0.05) is 0 Å². The van der Waals surface area contributed by atoms with Gasteiger partial charge in [-0.25, -0.2) is 4.98 Å². The maximum atomic E-state index is 5.37. The minimum atomic E-state index is 0.395. The van der Waals surface area contributed by atoms with Crippen LogP contribution in [0.15, 0.2) is 30.7 Å². The fourth-order valence-corrected chi connectivity index (χ4v) is 2.06. The van der Waals surface area contributed by atoms with Crippen molar-refractivity contribution in [2.75, 3.05) is 19.5 Å². The topological polar surface area (TPSA) is 48.3 Å². The van der Waals surface area contributed by atoms with Gasteiger partial charge in [0.05, 0.1) is 38.5 Å². The molecule has 0 saturated carbocycles. The van der Waals surface area contributed by atoms with E-state index in [2.05, 4.69) is 28.7 Å². The lowest BCUT2D eigenvalue weighted by Crippen LogP contribution is -2.09. The van der Waals surface area contributed by atoms with Crippen LogP contribution in [0.1, 0.15) is 25.6 Å². The van der Waals surface area contributed by atoms with Gasteiger partial charge in [0, 0.05) is 18.3 Å². The second-order valence-corrected chi connectivity index (χ2v) is 4.81. The second-order valence-electron chi connectivity index (χ2n) is 4.81. The first-order valence-corrected chi connectivity index (χ1v) is 6.62. The molecule has 108 valence electrons. The van der Waals surface area contributed by atoms with Crippen LogP contribution in [-0.2, 0) is 6.54 Å². The van der Waals surface area contributed by atoms with E-state index in [9.17, 15) is 0 Å². The van der Waals surface area contributed by atoms with E-state index in [1.54, 1.807) is 14.2 Å². The Labute approximate surface area is 119 Å². The first-order valence-electron chi connectivity index (χ1n) is 6.62. The Bertz CT molecular complexity index is 564. The molecule has 5 heteroatoms. The quantitative estimate of drug-likeness (QED) is 0.880. The molecule has 0 spiro atoms. The smallest absolute Gasteiger partial charge is 0.145 e. The van der Waals surface area contributed by atoms with Gasteiger partial charge in [0.25, 0.3) is 0 Å². The van der Waals surface area contributed by atoms with E-state index >= 15 is 0 Å². The lowest BCUT2D eigenvalue weighted by atomic mass is 10.2. The lowest BCUT2D eigenvalue weighted by Gasteiger charge is -2.15. The summed E-state index contributed by atoms with van der Waals surface area (Å²) in [6.45, 7) is 4.97. The molecule has 1 heterocycles. The predicted octanol–water partition coefficient (Wildman–Crippen LogP) is 3.09. The highest BCUT2D eigenvalue weighted by molar-refractivity contribution is 5.59. The molecule has 0 amide bonds. The van der Waals surface area contributed by atoms with Crippen LogP contribution in [0.4, 0.5) is 5.69 Å². The van der Waals surface area contributed by atoms with Crippen molar-refractivity contribution in [1.29, 1.82) is 0 Å². The summed E-state index contributed by atoms with van der Waals surface area (Å²) in [6, 6.07) is 6.12. The number of anilines is 1. The zero-order valence-electron chi connectivity index (χ0n) is 12.4. The molecule has 0 fully saturated rings. The molecular formula is C15H21N3O2. The van der Waals surface area contributed by atoms with Crippen LogP contribution in [0.5, 0.6) is 11.5 Å².